The molecule has 0 fully saturated rings. The number of aliphatic hydroxyl groups is 2. The summed E-state index contributed by atoms with van der Waals surface area (Å²) in [7, 11) is 0. The van der Waals surface area contributed by atoms with Crippen molar-refractivity contribution in [3.05, 3.63) is 12.2 Å². The molecule has 0 heterocycles. The highest BCUT2D eigenvalue weighted by molar-refractivity contribution is 5.76. The third-order valence-corrected chi connectivity index (χ3v) is 4.47. The Bertz CT molecular complexity index is 314. The van der Waals surface area contributed by atoms with E-state index >= 15 is 0 Å². The van der Waals surface area contributed by atoms with Crippen LogP contribution in [0, 0.1) is 0 Å². The van der Waals surface area contributed by atoms with Crippen LogP contribution in [-0.2, 0) is 4.79 Å². The average Bonchev–Trinajstić information content (AvgIpc) is 2.62. The van der Waals surface area contributed by atoms with E-state index in [1.165, 1.54) is 70.6 Å². The fourth-order valence-electron chi connectivity index (χ4n) is 2.81. The Hall–Kier alpha value is -0.870. The van der Waals surface area contributed by atoms with E-state index in [2.05, 4.69) is 24.4 Å². The van der Waals surface area contributed by atoms with Gasteiger partial charge in [-0.25, -0.2) is 0 Å². The number of amides is 1. The zero-order valence-corrected chi connectivity index (χ0v) is 16.3. The summed E-state index contributed by atoms with van der Waals surface area (Å²) >= 11 is 0. The summed E-state index contributed by atoms with van der Waals surface area (Å²) in [4.78, 5) is 11.6. The predicted octanol–water partition coefficient (Wildman–Crippen LogP) is 4.49. The van der Waals surface area contributed by atoms with Crippen LogP contribution in [0.15, 0.2) is 12.2 Å². The van der Waals surface area contributed by atoms with Crippen molar-refractivity contribution in [2.45, 2.75) is 103 Å². The Labute approximate surface area is 155 Å². The molecule has 4 nitrogen and oxygen atoms in total. The lowest BCUT2D eigenvalue weighted by atomic mass is 10.1. The molecular formula is C21H41NO3. The first-order valence-electron chi connectivity index (χ1n) is 10.4. The molecule has 0 aromatic carbocycles. The van der Waals surface area contributed by atoms with Gasteiger partial charge in [0.25, 0.3) is 0 Å². The minimum atomic E-state index is -0.518. The van der Waals surface area contributed by atoms with E-state index in [1.807, 2.05) is 0 Å². The van der Waals surface area contributed by atoms with E-state index in [0.29, 0.717) is 6.42 Å². The molecule has 0 aromatic rings. The number of aliphatic hydroxyl groups excluding tert-OH is 2. The summed E-state index contributed by atoms with van der Waals surface area (Å²) in [5.41, 5.74) is 0. The molecular weight excluding hydrogens is 314 g/mol. The van der Waals surface area contributed by atoms with Crippen molar-refractivity contribution >= 4 is 5.91 Å². The van der Waals surface area contributed by atoms with E-state index in [0.717, 1.165) is 12.8 Å². The van der Waals surface area contributed by atoms with Crippen molar-refractivity contribution in [3.63, 3.8) is 0 Å². The molecule has 148 valence electrons. The molecule has 0 spiro atoms. The molecule has 0 aromatic heterocycles. The number of carbonyl (C=O) groups excluding carboxylic acids is 1. The number of unbranched alkanes of at least 4 members (excludes halogenated alkanes) is 11. The van der Waals surface area contributed by atoms with Gasteiger partial charge in [-0.15, -0.1) is 0 Å². The van der Waals surface area contributed by atoms with Gasteiger partial charge in [-0.1, -0.05) is 70.4 Å². The summed E-state index contributed by atoms with van der Waals surface area (Å²) in [6.45, 7) is 1.83. The van der Waals surface area contributed by atoms with E-state index in [-0.39, 0.29) is 19.1 Å². The number of allylic oxidation sites excluding steroid dienone is 2. The molecule has 3 N–H and O–H groups in total. The minimum absolute atomic E-state index is 0.0780. The van der Waals surface area contributed by atoms with E-state index in [9.17, 15) is 4.79 Å². The fraction of sp³-hybridized carbons (Fsp3) is 0.857. The van der Waals surface area contributed by atoms with Crippen molar-refractivity contribution < 1.29 is 15.0 Å². The van der Waals surface area contributed by atoms with Crippen LogP contribution in [0.25, 0.3) is 0 Å². The van der Waals surface area contributed by atoms with Gasteiger partial charge in [0.1, 0.15) is 0 Å². The summed E-state index contributed by atoms with van der Waals surface area (Å²) in [5, 5.41) is 20.4. The van der Waals surface area contributed by atoms with Crippen LogP contribution in [0.4, 0.5) is 0 Å². The van der Waals surface area contributed by atoms with Crippen LogP contribution in [0.3, 0.4) is 0 Å². The molecule has 0 aliphatic heterocycles. The van der Waals surface area contributed by atoms with Crippen LogP contribution < -0.4 is 5.32 Å². The predicted molar refractivity (Wildman–Crippen MR) is 106 cm³/mol. The second kappa shape index (κ2) is 19.5. The van der Waals surface area contributed by atoms with Gasteiger partial charge in [0, 0.05) is 6.42 Å². The lowest BCUT2D eigenvalue weighted by molar-refractivity contribution is -0.122. The monoisotopic (exact) mass is 355 g/mol. The maximum atomic E-state index is 11.6. The first kappa shape index (κ1) is 24.1. The molecule has 0 rings (SSSR count). The standard InChI is InChI=1S/C21H41NO3/c1-2-3-4-5-6-7-8-9-10-11-12-13-14-15-16-17-21(25)22-20(18-23)19-24/h9-10,20,23-24H,2-8,11-19H2,1H3,(H,22,25)/b10-9+. The molecule has 0 aliphatic rings. The largest absolute Gasteiger partial charge is 0.394 e. The van der Waals surface area contributed by atoms with Gasteiger partial charge in [0.05, 0.1) is 19.3 Å². The van der Waals surface area contributed by atoms with Crippen molar-refractivity contribution in [2.75, 3.05) is 13.2 Å². The first-order valence-corrected chi connectivity index (χ1v) is 10.4. The molecule has 0 atom stereocenters. The van der Waals surface area contributed by atoms with Crippen molar-refractivity contribution in [2.24, 2.45) is 0 Å². The van der Waals surface area contributed by atoms with Gasteiger partial charge >= 0.3 is 0 Å². The Morgan fingerprint density at radius 2 is 1.28 bits per heavy atom. The summed E-state index contributed by atoms with van der Waals surface area (Å²) in [5.74, 6) is -0.0780. The molecule has 1 amide bonds. The highest BCUT2D eigenvalue weighted by Crippen LogP contribution is 2.10. The lowest BCUT2D eigenvalue weighted by Gasteiger charge is -2.12. The van der Waals surface area contributed by atoms with Gasteiger partial charge in [-0.2, -0.15) is 0 Å². The van der Waals surface area contributed by atoms with Gasteiger partial charge in [0.15, 0.2) is 0 Å². The number of nitrogens with one attached hydrogen (secondary N) is 1. The maximum Gasteiger partial charge on any atom is 0.220 e. The Morgan fingerprint density at radius 3 is 1.80 bits per heavy atom. The molecule has 0 radical (unpaired) electrons. The van der Waals surface area contributed by atoms with Crippen molar-refractivity contribution in [1.82, 2.24) is 5.32 Å². The number of carbonyl (C=O) groups is 1. The van der Waals surface area contributed by atoms with Crippen LogP contribution in [0.2, 0.25) is 0 Å². The second-order valence-electron chi connectivity index (χ2n) is 6.96. The number of rotatable bonds is 18. The van der Waals surface area contributed by atoms with Gasteiger partial charge in [-0.3, -0.25) is 4.79 Å². The van der Waals surface area contributed by atoms with Gasteiger partial charge in [0.2, 0.25) is 5.91 Å². The van der Waals surface area contributed by atoms with Gasteiger partial charge < -0.3 is 15.5 Å². The third-order valence-electron chi connectivity index (χ3n) is 4.47. The highest BCUT2D eigenvalue weighted by atomic mass is 16.3. The molecule has 0 aliphatic carbocycles. The highest BCUT2D eigenvalue weighted by Gasteiger charge is 2.09. The van der Waals surface area contributed by atoms with Crippen LogP contribution in [0.5, 0.6) is 0 Å². The number of hydrogen-bond donors (Lipinski definition) is 3. The van der Waals surface area contributed by atoms with Crippen LogP contribution in [-0.4, -0.2) is 35.4 Å². The molecule has 0 unspecified atom stereocenters. The number of hydrogen-bond acceptors (Lipinski definition) is 3. The molecule has 0 bridgehead atoms. The fourth-order valence-corrected chi connectivity index (χ4v) is 2.81. The normalized spacial score (nSPS) is 11.5. The third kappa shape index (κ3) is 17.7. The topological polar surface area (TPSA) is 69.6 Å². The van der Waals surface area contributed by atoms with E-state index in [1.54, 1.807) is 0 Å². The minimum Gasteiger partial charge on any atom is -0.394 e. The second-order valence-corrected chi connectivity index (χ2v) is 6.96. The smallest absolute Gasteiger partial charge is 0.220 e. The average molecular weight is 356 g/mol. The van der Waals surface area contributed by atoms with E-state index in [4.69, 9.17) is 10.2 Å². The van der Waals surface area contributed by atoms with E-state index < -0.39 is 6.04 Å². The maximum absolute atomic E-state index is 11.6. The molecule has 0 saturated heterocycles. The summed E-state index contributed by atoms with van der Waals surface area (Å²) in [6, 6.07) is -0.518. The SMILES string of the molecule is CCCCCCCC/C=C/CCCCCCCC(=O)NC(CO)CO. The molecule has 0 saturated carbocycles. The Morgan fingerprint density at radius 1 is 0.800 bits per heavy atom. The van der Waals surface area contributed by atoms with Gasteiger partial charge in [-0.05, 0) is 32.1 Å². The summed E-state index contributed by atoms with van der Waals surface area (Å²) < 4.78 is 0. The van der Waals surface area contributed by atoms with Crippen LogP contribution >= 0.6 is 0 Å². The Balaban J connectivity index is 3.28. The summed E-state index contributed by atoms with van der Waals surface area (Å²) in [6.07, 6.45) is 21.3. The molecule has 4 heteroatoms. The van der Waals surface area contributed by atoms with Crippen LogP contribution in [0.1, 0.15) is 96.8 Å². The zero-order chi connectivity index (χ0) is 18.6. The van der Waals surface area contributed by atoms with Crippen molar-refractivity contribution in [1.29, 1.82) is 0 Å². The quantitative estimate of drug-likeness (QED) is 0.250. The lowest BCUT2D eigenvalue weighted by Crippen LogP contribution is -2.39. The Kier molecular flexibility index (Phi) is 18.8. The van der Waals surface area contributed by atoms with Crippen molar-refractivity contribution in [3.8, 4) is 0 Å². The first-order chi connectivity index (χ1) is 12.2. The molecule has 25 heavy (non-hydrogen) atoms. The zero-order valence-electron chi connectivity index (χ0n) is 16.3.